The SMILES string of the molecule is N#CNC1=NCCC[S+]1Cc1cnc(Cl)s1. The van der Waals surface area contributed by atoms with Crippen molar-refractivity contribution >= 4 is 39.0 Å². The van der Waals surface area contributed by atoms with Crippen molar-refractivity contribution in [3.63, 3.8) is 0 Å². The van der Waals surface area contributed by atoms with Crippen LogP contribution in [0.15, 0.2) is 11.2 Å². The second-order valence-corrected chi connectivity index (χ2v) is 6.96. The molecule has 0 radical (unpaired) electrons. The fourth-order valence-corrected chi connectivity index (χ4v) is 4.70. The maximum absolute atomic E-state index is 8.64. The smallest absolute Gasteiger partial charge is 0.236 e. The number of hydrogen-bond donors (Lipinski definition) is 1. The summed E-state index contributed by atoms with van der Waals surface area (Å²) in [7, 11) is 0.00819. The van der Waals surface area contributed by atoms with E-state index in [-0.39, 0.29) is 10.9 Å². The van der Waals surface area contributed by atoms with Crippen LogP contribution in [-0.2, 0) is 16.6 Å². The molecule has 2 rings (SSSR count). The summed E-state index contributed by atoms with van der Waals surface area (Å²) in [6.07, 6.45) is 4.84. The van der Waals surface area contributed by atoms with E-state index in [0.717, 1.165) is 34.5 Å². The van der Waals surface area contributed by atoms with Crippen molar-refractivity contribution in [2.75, 3.05) is 12.3 Å². The molecular formula is C9H10ClN4S2+. The first-order valence-corrected chi connectivity index (χ1v) is 7.52. The number of nitrogens with zero attached hydrogens (tertiary/aromatic N) is 3. The Labute approximate surface area is 106 Å². The lowest BCUT2D eigenvalue weighted by Crippen LogP contribution is -2.34. The Bertz CT molecular complexity index is 437. The van der Waals surface area contributed by atoms with Crippen LogP contribution < -0.4 is 5.32 Å². The van der Waals surface area contributed by atoms with Gasteiger partial charge in [0, 0.05) is 12.6 Å². The predicted octanol–water partition coefficient (Wildman–Crippen LogP) is 1.75. The molecule has 0 amide bonds. The van der Waals surface area contributed by atoms with Crippen LogP contribution >= 0.6 is 22.9 Å². The summed E-state index contributed by atoms with van der Waals surface area (Å²) in [6.45, 7) is 0.816. The first-order chi connectivity index (χ1) is 7.79. The van der Waals surface area contributed by atoms with Crippen LogP contribution in [0.2, 0.25) is 4.47 Å². The Kier molecular flexibility index (Phi) is 4.04. The van der Waals surface area contributed by atoms with Gasteiger partial charge in [0.25, 0.3) is 0 Å². The minimum atomic E-state index is 0.00819. The molecule has 0 aromatic carbocycles. The molecule has 7 heteroatoms. The lowest BCUT2D eigenvalue weighted by atomic mass is 10.5. The number of rotatable bonds is 2. The molecule has 0 spiro atoms. The van der Waals surface area contributed by atoms with Crippen LogP contribution in [0.5, 0.6) is 0 Å². The number of nitriles is 1. The van der Waals surface area contributed by atoms with E-state index in [1.165, 1.54) is 11.3 Å². The average Bonchev–Trinajstić information content (AvgIpc) is 2.67. The van der Waals surface area contributed by atoms with E-state index < -0.39 is 0 Å². The van der Waals surface area contributed by atoms with Gasteiger partial charge in [0.1, 0.15) is 5.75 Å². The largest absolute Gasteiger partial charge is 0.327 e. The molecule has 0 saturated carbocycles. The quantitative estimate of drug-likeness (QED) is 0.507. The molecule has 0 aliphatic carbocycles. The zero-order chi connectivity index (χ0) is 11.4. The number of nitrogens with one attached hydrogen (secondary N) is 1. The zero-order valence-electron chi connectivity index (χ0n) is 8.44. The van der Waals surface area contributed by atoms with E-state index in [0.29, 0.717) is 4.47 Å². The number of thiazole rings is 1. The summed E-state index contributed by atoms with van der Waals surface area (Å²) >= 11 is 7.29. The van der Waals surface area contributed by atoms with Crippen molar-refractivity contribution < 1.29 is 0 Å². The van der Waals surface area contributed by atoms with Gasteiger partial charge in [-0.2, -0.15) is 5.26 Å². The minimum Gasteiger partial charge on any atom is -0.236 e. The van der Waals surface area contributed by atoms with Crippen LogP contribution in [0.25, 0.3) is 0 Å². The molecule has 1 N–H and O–H groups in total. The van der Waals surface area contributed by atoms with E-state index in [4.69, 9.17) is 16.9 Å². The number of amidine groups is 1. The number of halogens is 1. The van der Waals surface area contributed by atoms with Gasteiger partial charge in [0.05, 0.1) is 22.3 Å². The molecule has 2 heterocycles. The van der Waals surface area contributed by atoms with Crippen molar-refractivity contribution in [3.8, 4) is 6.19 Å². The first kappa shape index (κ1) is 11.7. The second-order valence-electron chi connectivity index (χ2n) is 3.20. The maximum Gasteiger partial charge on any atom is 0.327 e. The minimum absolute atomic E-state index is 0.00819. The van der Waals surface area contributed by atoms with Crippen molar-refractivity contribution in [1.82, 2.24) is 10.3 Å². The predicted molar refractivity (Wildman–Crippen MR) is 68.7 cm³/mol. The molecule has 0 bridgehead atoms. The second kappa shape index (κ2) is 5.53. The highest BCUT2D eigenvalue weighted by molar-refractivity contribution is 8.10. The zero-order valence-corrected chi connectivity index (χ0v) is 10.8. The summed E-state index contributed by atoms with van der Waals surface area (Å²) in [5.41, 5.74) is 0. The van der Waals surface area contributed by atoms with Gasteiger partial charge in [-0.25, -0.2) is 15.3 Å². The van der Waals surface area contributed by atoms with E-state index in [1.807, 2.05) is 6.19 Å². The van der Waals surface area contributed by atoms with Crippen molar-refractivity contribution in [2.45, 2.75) is 12.2 Å². The van der Waals surface area contributed by atoms with Gasteiger partial charge in [0.2, 0.25) is 0 Å². The molecule has 1 atom stereocenters. The van der Waals surface area contributed by atoms with Gasteiger partial charge < -0.3 is 0 Å². The Morgan fingerprint density at radius 1 is 1.69 bits per heavy atom. The fraction of sp³-hybridized carbons (Fsp3) is 0.444. The van der Waals surface area contributed by atoms with Gasteiger partial charge >= 0.3 is 5.17 Å². The van der Waals surface area contributed by atoms with Gasteiger partial charge in [0.15, 0.2) is 16.4 Å². The normalized spacial score (nSPS) is 20.0. The Morgan fingerprint density at radius 2 is 2.56 bits per heavy atom. The molecule has 84 valence electrons. The fourth-order valence-electron chi connectivity index (χ4n) is 1.43. The van der Waals surface area contributed by atoms with Crippen LogP contribution in [-0.4, -0.2) is 22.4 Å². The summed E-state index contributed by atoms with van der Waals surface area (Å²) in [5, 5.41) is 12.2. The molecule has 1 aliphatic heterocycles. The molecule has 1 aromatic rings. The lowest BCUT2D eigenvalue weighted by Gasteiger charge is -2.11. The monoisotopic (exact) mass is 273 g/mol. The number of hydrogen-bond acceptors (Lipinski definition) is 5. The van der Waals surface area contributed by atoms with Crippen molar-refractivity contribution in [2.24, 2.45) is 4.99 Å². The average molecular weight is 274 g/mol. The van der Waals surface area contributed by atoms with Gasteiger partial charge in [-0.15, -0.1) is 11.3 Å². The molecule has 1 aromatic heterocycles. The lowest BCUT2D eigenvalue weighted by molar-refractivity contribution is 0.922. The molecule has 4 nitrogen and oxygen atoms in total. The van der Waals surface area contributed by atoms with Crippen LogP contribution in [0, 0.1) is 11.5 Å². The van der Waals surface area contributed by atoms with Gasteiger partial charge in [-0.05, 0) is 0 Å². The van der Waals surface area contributed by atoms with E-state index in [1.54, 1.807) is 6.20 Å². The highest BCUT2D eigenvalue weighted by Gasteiger charge is 2.30. The van der Waals surface area contributed by atoms with E-state index in [9.17, 15) is 0 Å². The van der Waals surface area contributed by atoms with Gasteiger partial charge in [-0.1, -0.05) is 11.6 Å². The molecule has 16 heavy (non-hydrogen) atoms. The van der Waals surface area contributed by atoms with Gasteiger partial charge in [-0.3, -0.25) is 0 Å². The van der Waals surface area contributed by atoms with Crippen LogP contribution in [0.1, 0.15) is 11.3 Å². The summed E-state index contributed by atoms with van der Waals surface area (Å²) < 4.78 is 0.572. The molecule has 0 saturated heterocycles. The number of aliphatic imine (C=N–C) groups is 1. The van der Waals surface area contributed by atoms with Crippen LogP contribution in [0.3, 0.4) is 0 Å². The third-order valence-corrected chi connectivity index (χ3v) is 5.60. The standard InChI is InChI=1S/C9H10ClN4S2/c10-8-13-4-7(15-8)5-16-3-1-2-12-9(16)14-6-11/h4H,1-3,5H2,(H,12,14)/q+1. The highest BCUT2D eigenvalue weighted by Crippen LogP contribution is 2.22. The van der Waals surface area contributed by atoms with E-state index >= 15 is 0 Å². The molecule has 0 fully saturated rings. The Hall–Kier alpha value is -0.770. The first-order valence-electron chi connectivity index (χ1n) is 4.77. The number of aromatic nitrogens is 1. The Morgan fingerprint density at radius 3 is 3.25 bits per heavy atom. The summed E-state index contributed by atoms with van der Waals surface area (Å²) in [5.74, 6) is 1.97. The Balaban J connectivity index is 2.05. The highest BCUT2D eigenvalue weighted by atomic mass is 35.5. The topological polar surface area (TPSA) is 61.1 Å². The summed E-state index contributed by atoms with van der Waals surface area (Å²) in [6, 6.07) is 0. The van der Waals surface area contributed by atoms with Crippen molar-refractivity contribution in [3.05, 3.63) is 15.5 Å². The summed E-state index contributed by atoms with van der Waals surface area (Å²) in [4.78, 5) is 9.52. The third kappa shape index (κ3) is 2.88. The molecule has 1 unspecified atom stereocenters. The van der Waals surface area contributed by atoms with E-state index in [2.05, 4.69) is 15.3 Å². The van der Waals surface area contributed by atoms with Crippen molar-refractivity contribution in [1.29, 1.82) is 5.26 Å². The molecule has 1 aliphatic rings. The molecular weight excluding hydrogens is 264 g/mol. The third-order valence-electron chi connectivity index (χ3n) is 2.08. The maximum atomic E-state index is 8.64. The van der Waals surface area contributed by atoms with Crippen LogP contribution in [0.4, 0.5) is 0 Å².